The number of para-hydroxylation sites is 1. The third-order valence-corrected chi connectivity index (χ3v) is 3.03. The smallest absolute Gasteiger partial charge is 0.174 e. The van der Waals surface area contributed by atoms with Crippen LogP contribution in [-0.4, -0.2) is 20.6 Å². The van der Waals surface area contributed by atoms with Crippen molar-refractivity contribution in [1.29, 1.82) is 0 Å². The van der Waals surface area contributed by atoms with E-state index in [1.165, 1.54) is 0 Å². The quantitative estimate of drug-likeness (QED) is 0.551. The molecule has 5 heteroatoms. The lowest BCUT2D eigenvalue weighted by Gasteiger charge is -2.02. The molecule has 0 saturated carbocycles. The molecule has 86 valence electrons. The monoisotopic (exact) mass is 236 g/mol. The summed E-state index contributed by atoms with van der Waals surface area (Å²) in [6.07, 6.45) is 1.71. The summed E-state index contributed by atoms with van der Waals surface area (Å²) in [5.41, 5.74) is 4.48. The van der Waals surface area contributed by atoms with Crippen molar-refractivity contribution in [2.75, 3.05) is 0 Å². The zero-order valence-corrected chi connectivity index (χ0v) is 9.29. The number of benzene rings is 2. The molecule has 0 unspecified atom stereocenters. The van der Waals surface area contributed by atoms with E-state index < -0.39 is 0 Å². The number of fused-ring (bicyclic) bond motifs is 2. The van der Waals surface area contributed by atoms with Gasteiger partial charge in [0.2, 0.25) is 0 Å². The van der Waals surface area contributed by atoms with E-state index in [2.05, 4.69) is 20.6 Å². The van der Waals surface area contributed by atoms with Crippen LogP contribution in [0.2, 0.25) is 0 Å². The molecule has 18 heavy (non-hydrogen) atoms. The van der Waals surface area contributed by atoms with Crippen LogP contribution in [0.1, 0.15) is 0 Å². The standard InChI is InChI=1S/C13H8N4O/c1-3-8-7-14-18-13(8)10(5-1)9-4-2-6-11-12(9)16-17-15-11/h1-7H,(H,15,16,17). The van der Waals surface area contributed by atoms with Crippen molar-refractivity contribution in [3.05, 3.63) is 42.6 Å². The number of rotatable bonds is 1. The number of hydrogen-bond donors (Lipinski definition) is 1. The first-order valence-corrected chi connectivity index (χ1v) is 5.57. The topological polar surface area (TPSA) is 67.6 Å². The summed E-state index contributed by atoms with van der Waals surface area (Å²) in [5.74, 6) is 0. The van der Waals surface area contributed by atoms with Crippen molar-refractivity contribution in [2.45, 2.75) is 0 Å². The first kappa shape index (κ1) is 9.35. The third-order valence-electron chi connectivity index (χ3n) is 3.03. The summed E-state index contributed by atoms with van der Waals surface area (Å²) < 4.78 is 5.32. The van der Waals surface area contributed by atoms with Gasteiger partial charge in [0.05, 0.1) is 11.7 Å². The predicted octanol–water partition coefficient (Wildman–Crippen LogP) is 2.77. The third kappa shape index (κ3) is 1.18. The van der Waals surface area contributed by atoms with Crippen LogP contribution in [0.15, 0.2) is 47.1 Å². The maximum absolute atomic E-state index is 5.32. The fourth-order valence-electron chi connectivity index (χ4n) is 2.19. The Morgan fingerprint density at radius 2 is 1.89 bits per heavy atom. The number of nitrogens with one attached hydrogen (secondary N) is 1. The van der Waals surface area contributed by atoms with E-state index in [9.17, 15) is 0 Å². The van der Waals surface area contributed by atoms with E-state index in [-0.39, 0.29) is 0 Å². The van der Waals surface area contributed by atoms with Gasteiger partial charge < -0.3 is 4.52 Å². The van der Waals surface area contributed by atoms with E-state index >= 15 is 0 Å². The highest BCUT2D eigenvalue weighted by Gasteiger charge is 2.12. The number of nitrogens with zero attached hydrogens (tertiary/aromatic N) is 3. The lowest BCUT2D eigenvalue weighted by molar-refractivity contribution is 0.457. The molecule has 0 amide bonds. The summed E-state index contributed by atoms with van der Waals surface area (Å²) in [5, 5.41) is 15.6. The first-order chi connectivity index (χ1) is 8.93. The summed E-state index contributed by atoms with van der Waals surface area (Å²) >= 11 is 0. The van der Waals surface area contributed by atoms with Crippen molar-refractivity contribution in [1.82, 2.24) is 20.6 Å². The minimum atomic E-state index is 0.771. The van der Waals surface area contributed by atoms with Crippen molar-refractivity contribution >= 4 is 22.0 Å². The zero-order chi connectivity index (χ0) is 11.9. The predicted molar refractivity (Wildman–Crippen MR) is 66.9 cm³/mol. The molecular formula is C13H8N4O. The Labute approximate surface area is 101 Å². The van der Waals surface area contributed by atoms with Gasteiger partial charge >= 0.3 is 0 Å². The SMILES string of the molecule is c1cc(-c2cccc3[nH]nnc23)c2oncc2c1. The van der Waals surface area contributed by atoms with E-state index in [0.29, 0.717) is 0 Å². The normalized spacial score (nSPS) is 11.3. The summed E-state index contributed by atoms with van der Waals surface area (Å²) in [6.45, 7) is 0. The van der Waals surface area contributed by atoms with Crippen LogP contribution in [-0.2, 0) is 0 Å². The van der Waals surface area contributed by atoms with E-state index in [4.69, 9.17) is 4.52 Å². The lowest BCUT2D eigenvalue weighted by Crippen LogP contribution is -1.81. The van der Waals surface area contributed by atoms with Crippen LogP contribution >= 0.6 is 0 Å². The van der Waals surface area contributed by atoms with E-state index in [0.717, 1.165) is 33.1 Å². The molecule has 2 heterocycles. The van der Waals surface area contributed by atoms with Gasteiger partial charge in [0.1, 0.15) is 5.52 Å². The van der Waals surface area contributed by atoms with Crippen LogP contribution in [0.3, 0.4) is 0 Å². The second kappa shape index (κ2) is 3.40. The second-order valence-electron chi connectivity index (χ2n) is 4.06. The Balaban J connectivity index is 2.13. The Hall–Kier alpha value is -2.69. The molecule has 5 nitrogen and oxygen atoms in total. The molecule has 2 aromatic heterocycles. The van der Waals surface area contributed by atoms with Gasteiger partial charge in [0, 0.05) is 16.5 Å². The minimum absolute atomic E-state index is 0.771. The van der Waals surface area contributed by atoms with Crippen LogP contribution in [0, 0.1) is 0 Å². The molecule has 0 radical (unpaired) electrons. The highest BCUT2D eigenvalue weighted by atomic mass is 16.5. The van der Waals surface area contributed by atoms with Crippen LogP contribution in [0.25, 0.3) is 33.1 Å². The lowest BCUT2D eigenvalue weighted by atomic mass is 10.0. The van der Waals surface area contributed by atoms with Gasteiger partial charge in [-0.25, -0.2) is 0 Å². The van der Waals surface area contributed by atoms with Crippen LogP contribution in [0.4, 0.5) is 0 Å². The van der Waals surface area contributed by atoms with Crippen molar-refractivity contribution in [3.63, 3.8) is 0 Å². The summed E-state index contributed by atoms with van der Waals surface area (Å²) in [6, 6.07) is 11.9. The van der Waals surface area contributed by atoms with Gasteiger partial charge in [0.15, 0.2) is 5.58 Å². The maximum Gasteiger partial charge on any atom is 0.174 e. The average molecular weight is 236 g/mol. The maximum atomic E-state index is 5.32. The van der Waals surface area contributed by atoms with Crippen molar-refractivity contribution < 1.29 is 4.52 Å². The van der Waals surface area contributed by atoms with Crippen LogP contribution in [0.5, 0.6) is 0 Å². The molecule has 0 atom stereocenters. The molecule has 0 aliphatic carbocycles. The molecular weight excluding hydrogens is 228 g/mol. The van der Waals surface area contributed by atoms with Gasteiger partial charge in [-0.3, -0.25) is 5.10 Å². The number of aromatic amines is 1. The fraction of sp³-hybridized carbons (Fsp3) is 0. The summed E-state index contributed by atoms with van der Waals surface area (Å²) in [4.78, 5) is 0. The second-order valence-corrected chi connectivity index (χ2v) is 4.06. The van der Waals surface area contributed by atoms with E-state index in [1.54, 1.807) is 6.20 Å². The van der Waals surface area contributed by atoms with Gasteiger partial charge in [-0.1, -0.05) is 34.6 Å². The van der Waals surface area contributed by atoms with E-state index in [1.807, 2.05) is 36.4 Å². The average Bonchev–Trinajstić information content (AvgIpc) is 3.06. The molecule has 1 N–H and O–H groups in total. The zero-order valence-electron chi connectivity index (χ0n) is 9.29. The highest BCUT2D eigenvalue weighted by molar-refractivity contribution is 6.00. The molecule has 0 spiro atoms. The Morgan fingerprint density at radius 1 is 1.00 bits per heavy atom. The molecule has 0 aliphatic heterocycles. The first-order valence-electron chi connectivity index (χ1n) is 5.57. The fourth-order valence-corrected chi connectivity index (χ4v) is 2.19. The number of aromatic nitrogens is 4. The molecule has 2 aromatic carbocycles. The molecule has 4 aromatic rings. The van der Waals surface area contributed by atoms with Crippen LogP contribution < -0.4 is 0 Å². The van der Waals surface area contributed by atoms with Crippen molar-refractivity contribution in [3.8, 4) is 11.1 Å². The number of hydrogen-bond acceptors (Lipinski definition) is 4. The van der Waals surface area contributed by atoms with Crippen molar-refractivity contribution in [2.24, 2.45) is 0 Å². The Bertz CT molecular complexity index is 774. The number of H-pyrrole nitrogens is 1. The molecule has 0 bridgehead atoms. The summed E-state index contributed by atoms with van der Waals surface area (Å²) in [7, 11) is 0. The Kier molecular flexibility index (Phi) is 1.77. The Morgan fingerprint density at radius 3 is 2.89 bits per heavy atom. The van der Waals surface area contributed by atoms with Gasteiger partial charge in [0.25, 0.3) is 0 Å². The molecule has 4 rings (SSSR count). The largest absolute Gasteiger partial charge is 0.356 e. The highest BCUT2D eigenvalue weighted by Crippen LogP contribution is 2.31. The molecule has 0 aliphatic rings. The van der Waals surface area contributed by atoms with Gasteiger partial charge in [-0.05, 0) is 12.1 Å². The van der Waals surface area contributed by atoms with Gasteiger partial charge in [-0.2, -0.15) is 0 Å². The molecule has 0 saturated heterocycles. The minimum Gasteiger partial charge on any atom is -0.356 e. The molecule has 0 fully saturated rings. The van der Waals surface area contributed by atoms with Gasteiger partial charge in [-0.15, -0.1) is 5.10 Å².